The van der Waals surface area contributed by atoms with Crippen LogP contribution >= 0.6 is 0 Å². The van der Waals surface area contributed by atoms with Gasteiger partial charge in [-0.25, -0.2) is 18.4 Å². The number of nitrogens with zero attached hydrogens (tertiary/aromatic N) is 8. The van der Waals surface area contributed by atoms with Gasteiger partial charge in [-0.05, 0) is 94.3 Å². The van der Waals surface area contributed by atoms with Gasteiger partial charge in [-0.2, -0.15) is 5.10 Å². The van der Waals surface area contributed by atoms with E-state index in [0.29, 0.717) is 93.3 Å². The molecule has 64 heavy (non-hydrogen) atoms. The van der Waals surface area contributed by atoms with E-state index in [0.717, 1.165) is 35.0 Å². The number of rotatable bonds is 5. The van der Waals surface area contributed by atoms with Crippen LogP contribution in [0.2, 0.25) is 0 Å². The number of anilines is 2. The minimum absolute atomic E-state index is 0.0179. The normalized spacial score (nSPS) is 22.0. The maximum atomic E-state index is 15.4. The summed E-state index contributed by atoms with van der Waals surface area (Å²) in [6.07, 6.45) is 4.04. The summed E-state index contributed by atoms with van der Waals surface area (Å²) in [6.45, 7) is 12.6. The van der Waals surface area contributed by atoms with Crippen LogP contribution in [0.4, 0.5) is 20.4 Å². The third kappa shape index (κ3) is 8.44. The summed E-state index contributed by atoms with van der Waals surface area (Å²) in [5.74, 6) is -3.16. The van der Waals surface area contributed by atoms with Crippen molar-refractivity contribution in [2.45, 2.75) is 84.3 Å². The van der Waals surface area contributed by atoms with Crippen molar-refractivity contribution < 1.29 is 32.7 Å². The molecule has 0 unspecified atom stereocenters. The number of piperazine rings is 1. The number of pyridine rings is 1. The summed E-state index contributed by atoms with van der Waals surface area (Å²) in [7, 11) is 1.83. The molecule has 0 saturated carbocycles. The predicted octanol–water partition coefficient (Wildman–Crippen LogP) is 5.95. The third-order valence-electron chi connectivity index (χ3n) is 13.3. The van der Waals surface area contributed by atoms with E-state index in [2.05, 4.69) is 58.1 Å². The Bertz CT molecular complexity index is 2650. The van der Waals surface area contributed by atoms with E-state index in [9.17, 15) is 19.2 Å². The number of hydrogen-bond donors (Lipinski definition) is 2. The maximum absolute atomic E-state index is 15.4. The number of aryl methyl sites for hydroxylation is 2. The molecule has 4 aliphatic rings. The number of halogens is 2. The number of fused-ring (bicyclic) bond motifs is 7. The Morgan fingerprint density at radius 2 is 1.75 bits per heavy atom. The van der Waals surface area contributed by atoms with Crippen LogP contribution in [0.25, 0.3) is 22.3 Å². The van der Waals surface area contributed by atoms with E-state index < -0.39 is 29.4 Å². The van der Waals surface area contributed by atoms with E-state index in [1.165, 1.54) is 12.1 Å². The summed E-state index contributed by atoms with van der Waals surface area (Å²) in [6, 6.07) is 12.2. The van der Waals surface area contributed by atoms with Crippen molar-refractivity contribution in [3.63, 3.8) is 0 Å². The van der Waals surface area contributed by atoms with Crippen molar-refractivity contribution in [2.75, 3.05) is 49.5 Å². The van der Waals surface area contributed by atoms with Crippen LogP contribution < -0.4 is 20.3 Å². The summed E-state index contributed by atoms with van der Waals surface area (Å²) in [4.78, 5) is 67.7. The maximum Gasteiger partial charge on any atom is 0.258 e. The van der Waals surface area contributed by atoms with E-state index in [4.69, 9.17) is 14.7 Å². The highest BCUT2D eigenvalue weighted by Gasteiger charge is 2.40. The summed E-state index contributed by atoms with van der Waals surface area (Å²) >= 11 is 0. The minimum Gasteiger partial charge on any atom is -0.477 e. The number of piperidine rings is 1. The molecule has 2 aromatic carbocycles. The number of aromatic nitrogens is 5. The molecule has 336 valence electrons. The molecule has 0 aliphatic carbocycles. The first-order chi connectivity index (χ1) is 30.6. The van der Waals surface area contributed by atoms with Crippen molar-refractivity contribution in [3.05, 3.63) is 82.7 Å². The second-order valence-corrected chi connectivity index (χ2v) is 18.5. The third-order valence-corrected chi connectivity index (χ3v) is 13.3. The quantitative estimate of drug-likeness (QED) is 0.202. The Morgan fingerprint density at radius 1 is 0.953 bits per heavy atom. The van der Waals surface area contributed by atoms with Gasteiger partial charge in [-0.1, -0.05) is 13.0 Å². The first-order valence-electron chi connectivity index (χ1n) is 22.2. The van der Waals surface area contributed by atoms with Gasteiger partial charge in [0.15, 0.2) is 0 Å². The largest absolute Gasteiger partial charge is 0.477 e. The summed E-state index contributed by atoms with van der Waals surface area (Å²) in [5, 5.41) is 9.69. The smallest absolute Gasteiger partial charge is 0.258 e. The first kappa shape index (κ1) is 43.0. The van der Waals surface area contributed by atoms with Crippen molar-refractivity contribution in [2.24, 2.45) is 18.9 Å². The van der Waals surface area contributed by atoms with Gasteiger partial charge < -0.3 is 19.1 Å². The second kappa shape index (κ2) is 17.0. The van der Waals surface area contributed by atoms with Gasteiger partial charge >= 0.3 is 0 Å². The SMILES string of the molecule is Cc1cc2cc(n1)-c1cnn(C)c1OCCC[C@@H](C)Cn1c(nc3ccc(CN4CCN(C(=O)[C@@H]5CCN(c6cc(F)c([C@H]7CCC(=O)NC7=O)c(F)c6)C5)CC4(C)C)cc31)NC2=O. The Kier molecular flexibility index (Phi) is 11.5. The van der Waals surface area contributed by atoms with Gasteiger partial charge in [0.2, 0.25) is 29.5 Å². The fraction of sp³-hybridized carbons (Fsp3) is 0.468. The molecule has 3 fully saturated rings. The van der Waals surface area contributed by atoms with Crippen LogP contribution in [0.15, 0.2) is 48.7 Å². The van der Waals surface area contributed by atoms with Crippen LogP contribution in [-0.4, -0.2) is 103 Å². The lowest BCUT2D eigenvalue weighted by atomic mass is 9.89. The molecule has 3 saturated heterocycles. The van der Waals surface area contributed by atoms with Crippen molar-refractivity contribution >= 4 is 46.3 Å². The number of ether oxygens (including phenoxy) is 1. The van der Waals surface area contributed by atoms with Crippen LogP contribution in [0, 0.1) is 30.4 Å². The second-order valence-electron chi connectivity index (χ2n) is 18.5. The zero-order valence-corrected chi connectivity index (χ0v) is 36.9. The summed E-state index contributed by atoms with van der Waals surface area (Å²) < 4.78 is 40.8. The molecule has 4 aliphatic heterocycles. The Hall–Kier alpha value is -6.23. The van der Waals surface area contributed by atoms with Gasteiger partial charge in [0.25, 0.3) is 5.91 Å². The summed E-state index contributed by atoms with van der Waals surface area (Å²) in [5.41, 5.74) is 4.89. The fourth-order valence-electron chi connectivity index (χ4n) is 9.84. The minimum atomic E-state index is -1.07. The van der Waals surface area contributed by atoms with Gasteiger partial charge in [0.1, 0.15) is 11.6 Å². The molecule has 7 heterocycles. The highest BCUT2D eigenvalue weighted by atomic mass is 19.1. The molecule has 15 nitrogen and oxygen atoms in total. The van der Waals surface area contributed by atoms with Gasteiger partial charge in [-0.15, -0.1) is 0 Å². The Balaban J connectivity index is 0.882. The number of imide groups is 1. The lowest BCUT2D eigenvalue weighted by Crippen LogP contribution is -2.60. The zero-order chi connectivity index (χ0) is 45.0. The molecule has 5 aromatic rings. The first-order valence-corrected chi connectivity index (χ1v) is 22.2. The number of benzene rings is 2. The topological polar surface area (TPSA) is 160 Å². The van der Waals surface area contributed by atoms with Crippen LogP contribution in [-0.2, 0) is 34.5 Å². The van der Waals surface area contributed by atoms with Crippen LogP contribution in [0.5, 0.6) is 5.88 Å². The number of hydrogen-bond acceptors (Lipinski definition) is 10. The van der Waals surface area contributed by atoms with E-state index in [1.54, 1.807) is 23.0 Å². The number of carbonyl (C=O) groups excluding carboxylic acids is 4. The molecule has 9 rings (SSSR count). The van der Waals surface area contributed by atoms with Gasteiger partial charge in [0, 0.05) is 87.3 Å². The molecule has 17 heteroatoms. The molecule has 2 N–H and O–H groups in total. The molecule has 4 amide bonds. The van der Waals surface area contributed by atoms with E-state index in [1.807, 2.05) is 29.8 Å². The van der Waals surface area contributed by atoms with Crippen molar-refractivity contribution in [1.29, 1.82) is 0 Å². The highest BCUT2D eigenvalue weighted by Crippen LogP contribution is 2.36. The number of carbonyl (C=O) groups is 4. The lowest BCUT2D eigenvalue weighted by molar-refractivity contribution is -0.140. The molecular weight excluding hydrogens is 823 g/mol. The lowest BCUT2D eigenvalue weighted by Gasteiger charge is -2.47. The standard InChI is InChI=1S/C47H54F2N10O5/c1-27-7-6-16-64-45-34(22-50-55(45)5)38-19-31(17-28(2)51-38)42(61)54-46-52-37-10-8-29(18-39(37)59(46)23-27)24-58-15-14-57(26-47(58,3)4)44(63)30-12-13-56(25-30)32-20-35(48)41(36(49)21-32)33-9-11-40(60)53-43(33)62/h8,10,17-22,27,30,33H,6-7,9,11-16,23-26H2,1-5H3,(H,52,54,61)(H,53,60,62)/t27-,30-,33-/m1/s1. The monoisotopic (exact) mass is 876 g/mol. The fourth-order valence-corrected chi connectivity index (χ4v) is 9.84. The van der Waals surface area contributed by atoms with Crippen LogP contribution in [0.3, 0.4) is 0 Å². The number of amides is 4. The van der Waals surface area contributed by atoms with Gasteiger partial charge in [-0.3, -0.25) is 39.7 Å². The Labute approximate surface area is 370 Å². The predicted molar refractivity (Wildman–Crippen MR) is 236 cm³/mol. The highest BCUT2D eigenvalue weighted by molar-refractivity contribution is 6.05. The van der Waals surface area contributed by atoms with Crippen molar-refractivity contribution in [3.8, 4) is 17.1 Å². The zero-order valence-electron chi connectivity index (χ0n) is 36.9. The molecule has 3 aromatic heterocycles. The van der Waals surface area contributed by atoms with E-state index >= 15 is 8.78 Å². The number of nitrogens with one attached hydrogen (secondary N) is 2. The average molecular weight is 877 g/mol. The number of imidazole rings is 1. The molecule has 3 atom stereocenters. The van der Waals surface area contributed by atoms with Crippen molar-refractivity contribution in [1.82, 2.24) is 39.4 Å². The average Bonchev–Trinajstić information content (AvgIpc) is 3.97. The molecule has 2 bridgehead atoms. The molecular formula is C47H54F2N10O5. The van der Waals surface area contributed by atoms with Crippen LogP contribution in [0.1, 0.15) is 86.0 Å². The molecule has 0 spiro atoms. The van der Waals surface area contributed by atoms with E-state index in [-0.39, 0.29) is 47.6 Å². The Morgan fingerprint density at radius 3 is 2.52 bits per heavy atom. The molecule has 0 radical (unpaired) electrons. The van der Waals surface area contributed by atoms with Gasteiger partial charge in [0.05, 0.1) is 46.9 Å².